The number of nitro benzene ring substituents is 1. The number of nitrogens with one attached hydrogen (secondary N) is 1. The second kappa shape index (κ2) is 5.26. The van der Waals surface area contributed by atoms with Crippen molar-refractivity contribution < 1.29 is 14.8 Å². The van der Waals surface area contributed by atoms with Crippen molar-refractivity contribution in [2.45, 2.75) is 19.4 Å². The van der Waals surface area contributed by atoms with Gasteiger partial charge in [0.15, 0.2) is 0 Å². The number of phenols is 1. The molecular formula is C10H13N3O4. The fourth-order valence-electron chi connectivity index (χ4n) is 1.15. The molecule has 1 aromatic rings. The van der Waals surface area contributed by atoms with E-state index in [-0.39, 0.29) is 17.1 Å². The zero-order chi connectivity index (χ0) is 13.0. The SMILES string of the molecule is CC[C@H](N)C(=O)Nc1ccc([N+](=O)[O-])cc1O. The standard InChI is InChI=1S/C10H13N3O4/c1-2-7(11)10(15)12-8-4-3-6(13(16)17)5-9(8)14/h3-5,7,14H,2,11H2,1H3,(H,12,15)/t7-/m0/s1. The van der Waals surface area contributed by atoms with Gasteiger partial charge in [-0.25, -0.2) is 0 Å². The summed E-state index contributed by atoms with van der Waals surface area (Å²) in [6.45, 7) is 1.75. The third-order valence-corrected chi connectivity index (χ3v) is 2.23. The maximum absolute atomic E-state index is 11.4. The maximum Gasteiger partial charge on any atom is 0.273 e. The van der Waals surface area contributed by atoms with Crippen LogP contribution in [0.2, 0.25) is 0 Å². The Labute approximate surface area is 97.4 Å². The number of non-ortho nitro benzene ring substituents is 1. The number of carbonyl (C=O) groups is 1. The van der Waals surface area contributed by atoms with Gasteiger partial charge in [-0.1, -0.05) is 6.92 Å². The number of aromatic hydroxyl groups is 1. The fraction of sp³-hybridized carbons (Fsp3) is 0.300. The van der Waals surface area contributed by atoms with Gasteiger partial charge in [-0.05, 0) is 12.5 Å². The molecule has 0 aliphatic rings. The lowest BCUT2D eigenvalue weighted by molar-refractivity contribution is -0.384. The van der Waals surface area contributed by atoms with Crippen molar-refractivity contribution in [2.75, 3.05) is 5.32 Å². The van der Waals surface area contributed by atoms with Crippen LogP contribution in [-0.2, 0) is 4.79 Å². The van der Waals surface area contributed by atoms with Crippen LogP contribution in [-0.4, -0.2) is 22.0 Å². The molecule has 0 aliphatic carbocycles. The Morgan fingerprint density at radius 2 is 2.29 bits per heavy atom. The molecule has 0 saturated carbocycles. The van der Waals surface area contributed by atoms with Crippen LogP contribution in [0.1, 0.15) is 13.3 Å². The first-order chi connectivity index (χ1) is 7.95. The Morgan fingerprint density at radius 3 is 2.76 bits per heavy atom. The van der Waals surface area contributed by atoms with E-state index >= 15 is 0 Å². The molecule has 0 heterocycles. The van der Waals surface area contributed by atoms with Crippen LogP contribution < -0.4 is 11.1 Å². The van der Waals surface area contributed by atoms with Crippen molar-refractivity contribution in [1.82, 2.24) is 0 Å². The first kappa shape index (κ1) is 12.9. The molecule has 0 bridgehead atoms. The van der Waals surface area contributed by atoms with Gasteiger partial charge in [-0.2, -0.15) is 0 Å². The molecule has 0 aromatic heterocycles. The molecule has 0 fully saturated rings. The van der Waals surface area contributed by atoms with Crippen LogP contribution in [0.5, 0.6) is 5.75 Å². The van der Waals surface area contributed by atoms with Crippen molar-refractivity contribution in [2.24, 2.45) is 5.73 Å². The molecule has 0 saturated heterocycles. The largest absolute Gasteiger partial charge is 0.506 e. The van der Waals surface area contributed by atoms with E-state index in [9.17, 15) is 20.0 Å². The molecular weight excluding hydrogens is 226 g/mol. The number of anilines is 1. The van der Waals surface area contributed by atoms with E-state index in [1.165, 1.54) is 12.1 Å². The number of nitro groups is 1. The van der Waals surface area contributed by atoms with Gasteiger partial charge in [0, 0.05) is 6.07 Å². The normalized spacial score (nSPS) is 11.9. The molecule has 1 atom stereocenters. The Morgan fingerprint density at radius 1 is 1.65 bits per heavy atom. The molecule has 1 aromatic carbocycles. The molecule has 92 valence electrons. The summed E-state index contributed by atoms with van der Waals surface area (Å²) >= 11 is 0. The zero-order valence-electron chi connectivity index (χ0n) is 9.21. The number of carbonyl (C=O) groups excluding carboxylic acids is 1. The molecule has 7 heteroatoms. The third-order valence-electron chi connectivity index (χ3n) is 2.23. The summed E-state index contributed by atoms with van der Waals surface area (Å²) in [5.41, 5.74) is 5.34. The Kier molecular flexibility index (Phi) is 4.00. The smallest absolute Gasteiger partial charge is 0.273 e. The highest BCUT2D eigenvalue weighted by atomic mass is 16.6. The summed E-state index contributed by atoms with van der Waals surface area (Å²) < 4.78 is 0. The summed E-state index contributed by atoms with van der Waals surface area (Å²) in [5.74, 6) is -0.812. The molecule has 0 aliphatic heterocycles. The molecule has 0 spiro atoms. The second-order valence-corrected chi connectivity index (χ2v) is 3.46. The van der Waals surface area contributed by atoms with E-state index in [1.807, 2.05) is 0 Å². The van der Waals surface area contributed by atoms with Crippen molar-refractivity contribution in [3.63, 3.8) is 0 Å². The number of nitrogens with two attached hydrogens (primary N) is 1. The van der Waals surface area contributed by atoms with Gasteiger partial charge in [0.1, 0.15) is 5.75 Å². The van der Waals surface area contributed by atoms with E-state index < -0.39 is 16.9 Å². The third kappa shape index (κ3) is 3.15. The zero-order valence-corrected chi connectivity index (χ0v) is 9.21. The summed E-state index contributed by atoms with van der Waals surface area (Å²) in [7, 11) is 0. The highest BCUT2D eigenvalue weighted by Crippen LogP contribution is 2.27. The lowest BCUT2D eigenvalue weighted by Gasteiger charge is -2.10. The van der Waals surface area contributed by atoms with Crippen LogP contribution in [0, 0.1) is 10.1 Å². The number of benzene rings is 1. The molecule has 0 unspecified atom stereocenters. The van der Waals surface area contributed by atoms with Crippen molar-refractivity contribution >= 4 is 17.3 Å². The van der Waals surface area contributed by atoms with Crippen molar-refractivity contribution in [3.8, 4) is 5.75 Å². The first-order valence-electron chi connectivity index (χ1n) is 4.99. The highest BCUT2D eigenvalue weighted by molar-refractivity contribution is 5.95. The first-order valence-corrected chi connectivity index (χ1v) is 4.99. The Balaban J connectivity index is 2.86. The monoisotopic (exact) mass is 239 g/mol. The molecule has 4 N–H and O–H groups in total. The quantitative estimate of drug-likeness (QED) is 0.411. The van der Waals surface area contributed by atoms with E-state index in [2.05, 4.69) is 5.32 Å². The van der Waals surface area contributed by atoms with Crippen molar-refractivity contribution in [1.29, 1.82) is 0 Å². The van der Waals surface area contributed by atoms with E-state index in [1.54, 1.807) is 6.92 Å². The number of amides is 1. The van der Waals surface area contributed by atoms with Crippen molar-refractivity contribution in [3.05, 3.63) is 28.3 Å². The van der Waals surface area contributed by atoms with Gasteiger partial charge in [-0.15, -0.1) is 0 Å². The van der Waals surface area contributed by atoms with Gasteiger partial charge < -0.3 is 16.2 Å². The average Bonchev–Trinajstić information content (AvgIpc) is 2.30. The lowest BCUT2D eigenvalue weighted by atomic mass is 10.2. The minimum Gasteiger partial charge on any atom is -0.506 e. The minimum atomic E-state index is -0.676. The average molecular weight is 239 g/mol. The number of nitrogens with zero attached hydrogens (tertiary/aromatic N) is 1. The molecule has 1 amide bonds. The van der Waals surface area contributed by atoms with Gasteiger partial charge >= 0.3 is 0 Å². The molecule has 17 heavy (non-hydrogen) atoms. The Hall–Kier alpha value is -2.15. The molecule has 1 rings (SSSR count). The summed E-state index contributed by atoms with van der Waals surface area (Å²) in [5, 5.41) is 22.3. The number of hydrogen-bond donors (Lipinski definition) is 3. The van der Waals surface area contributed by atoms with E-state index in [0.717, 1.165) is 6.07 Å². The van der Waals surface area contributed by atoms with E-state index in [4.69, 9.17) is 5.73 Å². The lowest BCUT2D eigenvalue weighted by Crippen LogP contribution is -2.34. The van der Waals surface area contributed by atoms with Gasteiger partial charge in [-0.3, -0.25) is 14.9 Å². The van der Waals surface area contributed by atoms with Gasteiger partial charge in [0.2, 0.25) is 5.91 Å². The summed E-state index contributed by atoms with van der Waals surface area (Å²) in [4.78, 5) is 21.2. The minimum absolute atomic E-state index is 0.101. The van der Waals surface area contributed by atoms with Crippen LogP contribution >= 0.6 is 0 Å². The predicted molar refractivity (Wildman–Crippen MR) is 61.7 cm³/mol. The van der Waals surface area contributed by atoms with E-state index in [0.29, 0.717) is 6.42 Å². The topological polar surface area (TPSA) is 118 Å². The van der Waals surface area contributed by atoms with Crippen LogP contribution in [0.3, 0.4) is 0 Å². The molecule has 7 nitrogen and oxygen atoms in total. The van der Waals surface area contributed by atoms with Crippen LogP contribution in [0.25, 0.3) is 0 Å². The van der Waals surface area contributed by atoms with Crippen LogP contribution in [0.15, 0.2) is 18.2 Å². The number of phenolic OH excluding ortho intramolecular Hbond substituents is 1. The van der Waals surface area contributed by atoms with Crippen LogP contribution in [0.4, 0.5) is 11.4 Å². The second-order valence-electron chi connectivity index (χ2n) is 3.46. The fourth-order valence-corrected chi connectivity index (χ4v) is 1.15. The summed E-state index contributed by atoms with van der Waals surface area (Å²) in [6, 6.07) is 2.73. The maximum atomic E-state index is 11.4. The Bertz CT molecular complexity index is 447. The number of hydrogen-bond acceptors (Lipinski definition) is 5. The summed E-state index contributed by atoms with van der Waals surface area (Å²) in [6.07, 6.45) is 0.458. The van der Waals surface area contributed by atoms with Gasteiger partial charge in [0.05, 0.1) is 22.7 Å². The molecule has 0 radical (unpaired) electrons. The highest BCUT2D eigenvalue weighted by Gasteiger charge is 2.15. The van der Waals surface area contributed by atoms with Gasteiger partial charge in [0.25, 0.3) is 5.69 Å². The number of rotatable bonds is 4. The predicted octanol–water partition coefficient (Wildman–Crippen LogP) is 0.976.